The first-order valence-corrected chi connectivity index (χ1v) is 10.2. The number of hydrogen-bond donors (Lipinski definition) is 1. The summed E-state index contributed by atoms with van der Waals surface area (Å²) in [6, 6.07) is 15.8. The maximum atomic E-state index is 12.0. The minimum absolute atomic E-state index is 0.0381. The summed E-state index contributed by atoms with van der Waals surface area (Å²) in [5.74, 6) is 1.12. The molecule has 0 spiro atoms. The molecule has 4 heteroatoms. The van der Waals surface area contributed by atoms with Crippen molar-refractivity contribution < 1.29 is 9.59 Å². The number of aldehydes is 1. The van der Waals surface area contributed by atoms with Crippen LogP contribution in [0.1, 0.15) is 40.4 Å². The summed E-state index contributed by atoms with van der Waals surface area (Å²) in [7, 11) is 0. The van der Waals surface area contributed by atoms with E-state index in [4.69, 9.17) is 0 Å². The highest BCUT2D eigenvalue weighted by atomic mass is 32.2. The van der Waals surface area contributed by atoms with Crippen LogP contribution >= 0.6 is 11.8 Å². The van der Waals surface area contributed by atoms with Gasteiger partial charge in [-0.05, 0) is 56.4 Å². The minimum Gasteiger partial charge on any atom is -0.350 e. The van der Waals surface area contributed by atoms with Crippen molar-refractivity contribution in [1.82, 2.24) is 5.32 Å². The quantitative estimate of drug-likeness (QED) is 0.723. The zero-order valence-corrected chi connectivity index (χ0v) is 16.9. The highest BCUT2D eigenvalue weighted by Crippen LogP contribution is 2.11. The molecule has 140 valence electrons. The van der Waals surface area contributed by atoms with Crippen molar-refractivity contribution in [3.8, 4) is 0 Å². The van der Waals surface area contributed by atoms with Crippen molar-refractivity contribution in [3.05, 3.63) is 70.8 Å². The fourth-order valence-corrected chi connectivity index (χ4v) is 3.04. The fraction of sp³-hybridized carbons (Fsp3) is 0.364. The molecule has 0 aliphatic heterocycles. The van der Waals surface area contributed by atoms with Gasteiger partial charge in [0.1, 0.15) is 6.29 Å². The number of carbonyl (C=O) groups is 2. The molecule has 0 bridgehead atoms. The Morgan fingerprint density at radius 3 is 2.42 bits per heavy atom. The number of thioether (sulfide) groups is 1. The average molecular weight is 372 g/mol. The van der Waals surface area contributed by atoms with Crippen molar-refractivity contribution in [1.29, 1.82) is 0 Å². The lowest BCUT2D eigenvalue weighted by Gasteiger charge is -2.14. The molecule has 2 aromatic rings. The number of benzene rings is 2. The number of nitrogens with one attached hydrogen (secondary N) is 1. The molecule has 1 atom stereocenters. The first kappa shape index (κ1) is 22.0. The molecule has 0 aliphatic rings. The van der Waals surface area contributed by atoms with E-state index in [1.54, 1.807) is 11.8 Å². The molecule has 26 heavy (non-hydrogen) atoms. The molecule has 1 unspecified atom stereocenters. The second kappa shape index (κ2) is 12.3. The second-order valence-electron chi connectivity index (χ2n) is 6.33. The Morgan fingerprint density at radius 1 is 1.15 bits per heavy atom. The predicted octanol–water partition coefficient (Wildman–Crippen LogP) is 4.60. The zero-order valence-electron chi connectivity index (χ0n) is 16.1. The average Bonchev–Trinajstić information content (AvgIpc) is 2.61. The molecule has 0 heterocycles. The molecule has 2 aromatic carbocycles. The van der Waals surface area contributed by atoms with Gasteiger partial charge in [0.15, 0.2) is 0 Å². The van der Waals surface area contributed by atoms with Crippen LogP contribution in [0.25, 0.3) is 0 Å². The second-order valence-corrected chi connectivity index (χ2v) is 7.32. The van der Waals surface area contributed by atoms with Gasteiger partial charge in [-0.2, -0.15) is 11.8 Å². The minimum atomic E-state index is 0.0381. The lowest BCUT2D eigenvalue weighted by molar-refractivity contribution is -0.107. The van der Waals surface area contributed by atoms with E-state index in [0.29, 0.717) is 6.42 Å². The predicted molar refractivity (Wildman–Crippen MR) is 112 cm³/mol. The summed E-state index contributed by atoms with van der Waals surface area (Å²) in [5, 5.41) is 3.04. The lowest BCUT2D eigenvalue weighted by Crippen LogP contribution is -2.33. The van der Waals surface area contributed by atoms with Gasteiger partial charge >= 0.3 is 0 Å². The number of hydrogen-bond acceptors (Lipinski definition) is 3. The molecule has 0 saturated carbocycles. The van der Waals surface area contributed by atoms with Gasteiger partial charge in [0.05, 0.1) is 0 Å². The van der Waals surface area contributed by atoms with Crippen LogP contribution in [0.3, 0.4) is 0 Å². The highest BCUT2D eigenvalue weighted by Gasteiger charge is 2.11. The van der Waals surface area contributed by atoms with E-state index in [-0.39, 0.29) is 11.9 Å². The van der Waals surface area contributed by atoms with E-state index in [0.717, 1.165) is 35.2 Å². The molecule has 0 radical (unpaired) electrons. The van der Waals surface area contributed by atoms with Gasteiger partial charge in [-0.1, -0.05) is 48.0 Å². The van der Waals surface area contributed by atoms with Crippen molar-refractivity contribution in [2.45, 2.75) is 39.7 Å². The van der Waals surface area contributed by atoms with Crippen molar-refractivity contribution in [3.63, 3.8) is 0 Å². The van der Waals surface area contributed by atoms with Gasteiger partial charge in [-0.25, -0.2) is 0 Å². The zero-order chi connectivity index (χ0) is 19.4. The maximum Gasteiger partial charge on any atom is 0.251 e. The lowest BCUT2D eigenvalue weighted by atomic mass is 10.0. The molecule has 1 N–H and O–H groups in total. The summed E-state index contributed by atoms with van der Waals surface area (Å²) in [5.41, 5.74) is 4.09. The van der Waals surface area contributed by atoms with E-state index in [2.05, 4.69) is 18.5 Å². The molecular weight excluding hydrogens is 342 g/mol. The van der Waals surface area contributed by atoms with Gasteiger partial charge in [0.2, 0.25) is 0 Å². The van der Waals surface area contributed by atoms with Gasteiger partial charge in [0, 0.05) is 18.0 Å². The summed E-state index contributed by atoms with van der Waals surface area (Å²) in [6.45, 7) is 6.07. The van der Waals surface area contributed by atoms with E-state index in [9.17, 15) is 9.59 Å². The highest BCUT2D eigenvalue weighted by molar-refractivity contribution is 7.98. The summed E-state index contributed by atoms with van der Waals surface area (Å²) < 4.78 is 0. The number of aryl methyl sites for hydroxylation is 2. The Morgan fingerprint density at radius 2 is 1.85 bits per heavy atom. The molecule has 3 nitrogen and oxygen atoms in total. The van der Waals surface area contributed by atoms with Crippen LogP contribution < -0.4 is 5.32 Å². The van der Waals surface area contributed by atoms with Crippen LogP contribution in [0.2, 0.25) is 0 Å². The molecule has 0 saturated heterocycles. The Labute approximate surface area is 161 Å². The van der Waals surface area contributed by atoms with E-state index < -0.39 is 0 Å². The van der Waals surface area contributed by atoms with Crippen molar-refractivity contribution in [2.75, 3.05) is 12.0 Å². The molecule has 0 fully saturated rings. The van der Waals surface area contributed by atoms with E-state index in [1.165, 1.54) is 5.56 Å². The van der Waals surface area contributed by atoms with Gasteiger partial charge in [-0.3, -0.25) is 4.79 Å². The van der Waals surface area contributed by atoms with Crippen LogP contribution in [-0.4, -0.2) is 30.2 Å². The third-order valence-electron chi connectivity index (χ3n) is 3.92. The molecule has 0 aliphatic carbocycles. The van der Waals surface area contributed by atoms with Crippen LogP contribution in [0.5, 0.6) is 0 Å². The smallest absolute Gasteiger partial charge is 0.251 e. The SMILES string of the molecule is CSCCC(C)NC(=O)c1ccc(C)cc1C.O=CCc1ccccc1. The molecule has 0 aromatic heterocycles. The third-order valence-corrected chi connectivity index (χ3v) is 4.56. The summed E-state index contributed by atoms with van der Waals surface area (Å²) in [4.78, 5) is 22.0. The van der Waals surface area contributed by atoms with Crippen LogP contribution in [-0.2, 0) is 11.2 Å². The monoisotopic (exact) mass is 371 g/mol. The molecule has 2 rings (SSSR count). The molecule has 1 amide bonds. The van der Waals surface area contributed by atoms with Gasteiger partial charge < -0.3 is 10.1 Å². The van der Waals surface area contributed by atoms with Gasteiger partial charge in [0.25, 0.3) is 5.91 Å². The Kier molecular flexibility index (Phi) is 10.4. The van der Waals surface area contributed by atoms with Gasteiger partial charge in [-0.15, -0.1) is 0 Å². The van der Waals surface area contributed by atoms with Crippen LogP contribution in [0.15, 0.2) is 48.5 Å². The summed E-state index contributed by atoms with van der Waals surface area (Å²) >= 11 is 1.81. The Bertz CT molecular complexity index is 686. The maximum absolute atomic E-state index is 12.0. The molecular formula is C22H29NO2S. The largest absolute Gasteiger partial charge is 0.350 e. The topological polar surface area (TPSA) is 46.2 Å². The first-order chi connectivity index (χ1) is 12.5. The Balaban J connectivity index is 0.000000314. The number of rotatable bonds is 7. The third kappa shape index (κ3) is 8.34. The standard InChI is InChI=1S/C14H21NOS.C8H8O/c1-10-5-6-13(11(2)9-10)14(16)15-12(3)7-8-17-4;9-7-6-8-4-2-1-3-5-8/h5-6,9,12H,7-8H2,1-4H3,(H,15,16);1-5,7H,6H2. The Hall–Kier alpha value is -2.07. The fourth-order valence-electron chi connectivity index (χ4n) is 2.45. The summed E-state index contributed by atoms with van der Waals surface area (Å²) in [6.07, 6.45) is 4.53. The van der Waals surface area contributed by atoms with Crippen molar-refractivity contribution in [2.24, 2.45) is 0 Å². The first-order valence-electron chi connectivity index (χ1n) is 8.82. The van der Waals surface area contributed by atoms with E-state index >= 15 is 0 Å². The van der Waals surface area contributed by atoms with Crippen LogP contribution in [0, 0.1) is 13.8 Å². The van der Waals surface area contributed by atoms with Crippen LogP contribution in [0.4, 0.5) is 0 Å². The number of carbonyl (C=O) groups excluding carboxylic acids is 2. The van der Waals surface area contributed by atoms with E-state index in [1.807, 2.05) is 62.4 Å². The normalized spacial score (nSPS) is 11.1. The number of amides is 1. The van der Waals surface area contributed by atoms with Crippen molar-refractivity contribution >= 4 is 24.0 Å².